The number of nitrogen functional groups attached to an aromatic ring is 1. The van der Waals surface area contributed by atoms with Crippen LogP contribution in [0.4, 0.5) is 14.6 Å². The number of aromatic nitrogens is 4. The van der Waals surface area contributed by atoms with Gasteiger partial charge in [-0.1, -0.05) is 13.8 Å². The Bertz CT molecular complexity index is 895. The minimum Gasteiger partial charge on any atom is -0.458 e. The van der Waals surface area contributed by atoms with Crippen LogP contribution in [-0.2, 0) is 14.3 Å². The Morgan fingerprint density at radius 1 is 1.46 bits per heavy atom. The third kappa shape index (κ3) is 3.37. The maximum Gasteiger partial charge on any atom is 0.323 e. The first kappa shape index (κ1) is 20.3. The number of fused-ring (bicyclic) bond motifs is 1. The fourth-order valence-corrected chi connectivity index (χ4v) is 2.73. The fourth-order valence-electron chi connectivity index (χ4n) is 2.73. The second kappa shape index (κ2) is 7.16. The third-order valence-corrected chi connectivity index (χ3v) is 4.47. The fraction of sp³-hybridized carbons (Fsp3) is 0.600. The molecule has 0 aromatic carbocycles. The summed E-state index contributed by atoms with van der Waals surface area (Å²) in [6, 6.07) is -0.997. The van der Waals surface area contributed by atoms with Crippen LogP contribution in [0.5, 0.6) is 0 Å². The molecule has 6 N–H and O–H groups in total. The molecule has 2 aromatic rings. The molecule has 1 saturated heterocycles. The van der Waals surface area contributed by atoms with Crippen molar-refractivity contribution in [2.75, 3.05) is 12.3 Å². The van der Waals surface area contributed by atoms with Gasteiger partial charge in [0.05, 0.1) is 6.33 Å². The van der Waals surface area contributed by atoms with Crippen molar-refractivity contribution in [3.05, 3.63) is 12.4 Å². The molecule has 1 fully saturated rings. The number of anilines is 1. The van der Waals surface area contributed by atoms with Crippen molar-refractivity contribution < 1.29 is 33.3 Å². The number of nitrogens with two attached hydrogens (primary N) is 2. The molecule has 13 heteroatoms. The highest BCUT2D eigenvalue weighted by molar-refractivity contribution is 5.81. The highest BCUT2D eigenvalue weighted by Crippen LogP contribution is 2.39. The molecule has 11 nitrogen and oxygen atoms in total. The van der Waals surface area contributed by atoms with E-state index in [0.717, 1.165) is 10.9 Å². The number of hydrogen-bond donors (Lipinski definition) is 4. The number of nitrogens with zero attached hydrogens (tertiary/aromatic N) is 4. The predicted octanol–water partition coefficient (Wildman–Crippen LogP) is -1.01. The van der Waals surface area contributed by atoms with Crippen molar-refractivity contribution in [3.8, 4) is 0 Å². The number of hydrogen-bond acceptors (Lipinski definition) is 10. The van der Waals surface area contributed by atoms with Gasteiger partial charge in [0.2, 0.25) is 0 Å². The van der Waals surface area contributed by atoms with Crippen LogP contribution in [0.1, 0.15) is 20.1 Å². The lowest BCUT2D eigenvalue weighted by Crippen LogP contribution is -2.46. The van der Waals surface area contributed by atoms with Gasteiger partial charge in [0.15, 0.2) is 29.8 Å². The Morgan fingerprint density at radius 2 is 2.14 bits per heavy atom. The van der Waals surface area contributed by atoms with Crippen LogP contribution in [0.2, 0.25) is 0 Å². The molecule has 0 spiro atoms. The zero-order valence-corrected chi connectivity index (χ0v) is 15.0. The van der Waals surface area contributed by atoms with Crippen molar-refractivity contribution in [1.82, 2.24) is 19.5 Å². The van der Waals surface area contributed by atoms with E-state index in [1.807, 2.05) is 0 Å². The molecule has 0 aliphatic carbocycles. The highest BCUT2D eigenvalue weighted by atomic mass is 19.2. The number of alkyl halides is 1. The molecule has 154 valence electrons. The van der Waals surface area contributed by atoms with Gasteiger partial charge in [0, 0.05) is 0 Å². The monoisotopic (exact) mass is 402 g/mol. The summed E-state index contributed by atoms with van der Waals surface area (Å²) >= 11 is 0. The van der Waals surface area contributed by atoms with E-state index in [2.05, 4.69) is 15.0 Å². The Morgan fingerprint density at radius 3 is 2.79 bits per heavy atom. The van der Waals surface area contributed by atoms with Crippen molar-refractivity contribution in [3.63, 3.8) is 0 Å². The molecule has 0 saturated carbocycles. The molecule has 2 aromatic heterocycles. The Kier molecular flexibility index (Phi) is 5.18. The maximum absolute atomic E-state index is 15.1. The van der Waals surface area contributed by atoms with Gasteiger partial charge in [-0.2, -0.15) is 14.4 Å². The summed E-state index contributed by atoms with van der Waals surface area (Å²) in [4.78, 5) is 22.5. The second-order valence-corrected chi connectivity index (χ2v) is 6.81. The lowest BCUT2D eigenvalue weighted by atomic mass is 10.1. The van der Waals surface area contributed by atoms with Crippen LogP contribution in [0.15, 0.2) is 6.33 Å². The van der Waals surface area contributed by atoms with Crippen molar-refractivity contribution >= 4 is 23.0 Å². The average molecular weight is 402 g/mol. The number of esters is 1. The standard InChI is InChI=1S/C15H20F2N6O5/c1-5(2)6(18)13(26)27-3-15(17)9(25)8(24)12(28-15)23-4-20-7-10(19)21-14(16)22-11(7)23/h4-6,8-9,12,24-25H,3,18H2,1-2H3,(H2,19,21,22)/t6-,8+,9-,12+,15+/m0/s1. The normalized spacial score (nSPS) is 28.8. The number of imidazole rings is 1. The number of carbonyl (C=O) groups excluding carboxylic acids is 1. The lowest BCUT2D eigenvalue weighted by molar-refractivity contribution is -0.216. The Hall–Kier alpha value is -2.48. The number of aliphatic hydroxyl groups is 2. The summed E-state index contributed by atoms with van der Waals surface area (Å²) < 4.78 is 39.4. The first-order valence-corrected chi connectivity index (χ1v) is 8.35. The van der Waals surface area contributed by atoms with Crippen LogP contribution in [0.3, 0.4) is 0 Å². The van der Waals surface area contributed by atoms with Gasteiger partial charge in [-0.05, 0) is 5.92 Å². The zero-order chi connectivity index (χ0) is 20.8. The van der Waals surface area contributed by atoms with Crippen LogP contribution >= 0.6 is 0 Å². The maximum atomic E-state index is 15.1. The minimum absolute atomic E-state index is 0.00242. The van der Waals surface area contributed by atoms with Crippen LogP contribution in [0, 0.1) is 12.0 Å². The molecule has 28 heavy (non-hydrogen) atoms. The van der Waals surface area contributed by atoms with Gasteiger partial charge in [0.1, 0.15) is 18.2 Å². The largest absolute Gasteiger partial charge is 0.458 e. The second-order valence-electron chi connectivity index (χ2n) is 6.81. The van der Waals surface area contributed by atoms with Crippen LogP contribution in [-0.4, -0.2) is 66.4 Å². The molecule has 1 aliphatic rings. The predicted molar refractivity (Wildman–Crippen MR) is 89.4 cm³/mol. The van der Waals surface area contributed by atoms with Crippen LogP contribution in [0.25, 0.3) is 11.2 Å². The minimum atomic E-state index is -2.94. The van der Waals surface area contributed by atoms with E-state index in [1.165, 1.54) is 0 Å². The van der Waals surface area contributed by atoms with Gasteiger partial charge in [-0.3, -0.25) is 9.36 Å². The molecular formula is C15H20F2N6O5. The smallest absolute Gasteiger partial charge is 0.323 e. The number of halogens is 2. The molecular weight excluding hydrogens is 382 g/mol. The molecule has 0 bridgehead atoms. The number of aliphatic hydroxyl groups excluding tert-OH is 2. The number of carbonyl (C=O) groups is 1. The van der Waals surface area contributed by atoms with Gasteiger partial charge in [-0.25, -0.2) is 9.37 Å². The highest BCUT2D eigenvalue weighted by Gasteiger charge is 2.57. The van der Waals surface area contributed by atoms with E-state index < -0.39 is 49.0 Å². The van der Waals surface area contributed by atoms with Gasteiger partial charge in [-0.15, -0.1) is 0 Å². The molecule has 0 unspecified atom stereocenters. The summed E-state index contributed by atoms with van der Waals surface area (Å²) in [6.07, 6.45) is -5.53. The zero-order valence-electron chi connectivity index (χ0n) is 15.0. The number of rotatable bonds is 5. The topological polar surface area (TPSA) is 172 Å². The van der Waals surface area contributed by atoms with Crippen LogP contribution < -0.4 is 11.5 Å². The van der Waals surface area contributed by atoms with Crippen molar-refractivity contribution in [2.24, 2.45) is 11.7 Å². The molecule has 3 heterocycles. The molecule has 5 atom stereocenters. The Balaban J connectivity index is 1.83. The summed E-state index contributed by atoms with van der Waals surface area (Å²) in [5, 5.41) is 20.3. The van der Waals surface area contributed by atoms with E-state index in [4.69, 9.17) is 20.9 Å². The lowest BCUT2D eigenvalue weighted by Gasteiger charge is -2.24. The summed E-state index contributed by atoms with van der Waals surface area (Å²) in [6.45, 7) is 2.34. The number of ether oxygens (including phenoxy) is 2. The van der Waals surface area contributed by atoms with Gasteiger partial charge >= 0.3 is 12.0 Å². The van der Waals surface area contributed by atoms with E-state index in [-0.39, 0.29) is 22.9 Å². The molecule has 3 rings (SSSR count). The SMILES string of the molecule is CC(C)[C@H](N)C(=O)OC[C@@]1(F)O[C@@H](n2cnc3c(N)nc(F)nc32)[C@H](O)[C@@H]1O. The first-order chi connectivity index (χ1) is 13.0. The van der Waals surface area contributed by atoms with E-state index in [1.54, 1.807) is 13.8 Å². The van der Waals surface area contributed by atoms with E-state index in [9.17, 15) is 19.4 Å². The van der Waals surface area contributed by atoms with E-state index >= 15 is 4.39 Å². The molecule has 0 radical (unpaired) electrons. The van der Waals surface area contributed by atoms with Crippen molar-refractivity contribution in [2.45, 2.75) is 44.2 Å². The first-order valence-electron chi connectivity index (χ1n) is 8.35. The van der Waals surface area contributed by atoms with Crippen molar-refractivity contribution in [1.29, 1.82) is 0 Å². The summed E-state index contributed by atoms with van der Waals surface area (Å²) in [5.41, 5.74) is 11.0. The summed E-state index contributed by atoms with van der Waals surface area (Å²) in [7, 11) is 0. The Labute approximate surface area is 157 Å². The van der Waals surface area contributed by atoms with Gasteiger partial charge in [0.25, 0.3) is 5.85 Å². The molecule has 0 amide bonds. The average Bonchev–Trinajstić information content (AvgIpc) is 3.14. The third-order valence-electron chi connectivity index (χ3n) is 4.47. The molecule has 1 aliphatic heterocycles. The quantitative estimate of drug-likeness (QED) is 0.359. The van der Waals surface area contributed by atoms with Gasteiger partial charge < -0.3 is 31.2 Å². The van der Waals surface area contributed by atoms with E-state index in [0.29, 0.717) is 0 Å². The summed E-state index contributed by atoms with van der Waals surface area (Å²) in [5.74, 6) is -4.36.